The number of carbonyl (C=O) groups is 1. The summed E-state index contributed by atoms with van der Waals surface area (Å²) in [5.74, 6) is 0.341. The summed E-state index contributed by atoms with van der Waals surface area (Å²) in [7, 11) is 3.32. The van der Waals surface area contributed by atoms with Gasteiger partial charge in [-0.3, -0.25) is 9.59 Å². The summed E-state index contributed by atoms with van der Waals surface area (Å²) >= 11 is 0. The molecule has 118 valence electrons. The fraction of sp³-hybridized carbons (Fsp3) is 0.667. The predicted octanol–water partition coefficient (Wildman–Crippen LogP) is 1.40. The summed E-state index contributed by atoms with van der Waals surface area (Å²) in [6.07, 6.45) is 0.922. The van der Waals surface area contributed by atoms with Gasteiger partial charge < -0.3 is 9.64 Å². The topological polar surface area (TPSA) is 64.4 Å². The zero-order valence-corrected chi connectivity index (χ0v) is 13.5. The van der Waals surface area contributed by atoms with Crippen LogP contribution in [0.1, 0.15) is 37.7 Å². The van der Waals surface area contributed by atoms with Gasteiger partial charge in [-0.15, -0.1) is 0 Å². The summed E-state index contributed by atoms with van der Waals surface area (Å²) in [6.45, 7) is 6.97. The fourth-order valence-corrected chi connectivity index (χ4v) is 2.12. The van der Waals surface area contributed by atoms with E-state index >= 15 is 0 Å². The van der Waals surface area contributed by atoms with E-state index in [1.807, 2.05) is 6.92 Å². The summed E-state index contributed by atoms with van der Waals surface area (Å²) < 4.78 is 6.20. The highest BCUT2D eigenvalue weighted by Gasteiger charge is 2.20. The van der Waals surface area contributed by atoms with Crippen LogP contribution in [0.25, 0.3) is 0 Å². The molecule has 0 aliphatic rings. The van der Waals surface area contributed by atoms with Crippen molar-refractivity contribution in [3.63, 3.8) is 0 Å². The third-order valence-electron chi connectivity index (χ3n) is 3.39. The predicted molar refractivity (Wildman–Crippen MR) is 81.4 cm³/mol. The molecule has 1 amide bonds. The Balaban J connectivity index is 2.89. The van der Waals surface area contributed by atoms with E-state index in [1.54, 1.807) is 19.1 Å². The molecule has 1 aromatic rings. The third kappa shape index (κ3) is 4.97. The van der Waals surface area contributed by atoms with Crippen molar-refractivity contribution < 1.29 is 9.53 Å². The van der Waals surface area contributed by atoms with Crippen LogP contribution < -0.4 is 5.56 Å². The molecule has 21 heavy (non-hydrogen) atoms. The number of hydrogen-bond donors (Lipinski definition) is 0. The van der Waals surface area contributed by atoms with Gasteiger partial charge in [-0.2, -0.15) is 5.10 Å². The van der Waals surface area contributed by atoms with E-state index in [-0.39, 0.29) is 23.2 Å². The van der Waals surface area contributed by atoms with Crippen molar-refractivity contribution >= 4 is 5.91 Å². The first-order valence-electron chi connectivity index (χ1n) is 7.21. The smallest absolute Gasteiger partial charge is 0.274 e. The van der Waals surface area contributed by atoms with Gasteiger partial charge in [-0.1, -0.05) is 13.8 Å². The molecule has 0 bridgehead atoms. The van der Waals surface area contributed by atoms with Gasteiger partial charge in [0.05, 0.1) is 13.2 Å². The maximum atomic E-state index is 12.4. The first kappa shape index (κ1) is 17.4. The Morgan fingerprint density at radius 2 is 2.05 bits per heavy atom. The Labute approximate surface area is 125 Å². The number of methoxy groups -OCH3 is 1. The Morgan fingerprint density at radius 1 is 1.38 bits per heavy atom. The summed E-state index contributed by atoms with van der Waals surface area (Å²) in [4.78, 5) is 25.8. The molecule has 0 N–H and O–H groups in total. The molecule has 1 heterocycles. The van der Waals surface area contributed by atoms with Gasteiger partial charge in [0, 0.05) is 26.3 Å². The highest BCUT2D eigenvalue weighted by Crippen LogP contribution is 2.11. The van der Waals surface area contributed by atoms with Crippen LogP contribution in [0.2, 0.25) is 0 Å². The molecular formula is C15H25N3O3. The van der Waals surface area contributed by atoms with Crippen LogP contribution in [0.4, 0.5) is 0 Å². The molecule has 0 aromatic carbocycles. The molecule has 1 rings (SSSR count). The van der Waals surface area contributed by atoms with Crippen LogP contribution in [0.5, 0.6) is 0 Å². The minimum absolute atomic E-state index is 0.124. The molecule has 0 radical (unpaired) electrons. The minimum atomic E-state index is -0.235. The van der Waals surface area contributed by atoms with Crippen LogP contribution in [-0.4, -0.2) is 47.4 Å². The molecule has 0 saturated carbocycles. The van der Waals surface area contributed by atoms with Gasteiger partial charge in [0.15, 0.2) is 0 Å². The van der Waals surface area contributed by atoms with Gasteiger partial charge >= 0.3 is 0 Å². The standard InChI is InChI=1S/C15H25N3O3/c1-11(2)10-12(3)17(4)15(20)13-6-7-14(19)18(16-13)8-9-21-5/h6-7,11-12H,8-10H2,1-5H3/t12-/m1/s1. The molecule has 1 aromatic heterocycles. The van der Waals surface area contributed by atoms with Crippen molar-refractivity contribution in [1.82, 2.24) is 14.7 Å². The van der Waals surface area contributed by atoms with E-state index in [4.69, 9.17) is 4.74 Å². The molecule has 6 nitrogen and oxygen atoms in total. The molecule has 6 heteroatoms. The van der Waals surface area contributed by atoms with E-state index in [9.17, 15) is 9.59 Å². The van der Waals surface area contributed by atoms with Crippen LogP contribution in [0.3, 0.4) is 0 Å². The lowest BCUT2D eigenvalue weighted by molar-refractivity contribution is 0.0718. The van der Waals surface area contributed by atoms with E-state index in [0.29, 0.717) is 19.1 Å². The van der Waals surface area contributed by atoms with Crippen molar-refractivity contribution in [3.05, 3.63) is 28.2 Å². The first-order chi connectivity index (χ1) is 9.86. The second-order valence-electron chi connectivity index (χ2n) is 5.67. The monoisotopic (exact) mass is 295 g/mol. The highest BCUT2D eigenvalue weighted by molar-refractivity contribution is 5.92. The van der Waals surface area contributed by atoms with Crippen LogP contribution in [0.15, 0.2) is 16.9 Å². The van der Waals surface area contributed by atoms with E-state index in [2.05, 4.69) is 18.9 Å². The zero-order valence-electron chi connectivity index (χ0n) is 13.5. The lowest BCUT2D eigenvalue weighted by Gasteiger charge is -2.26. The number of hydrogen-bond acceptors (Lipinski definition) is 4. The number of nitrogens with zero attached hydrogens (tertiary/aromatic N) is 3. The van der Waals surface area contributed by atoms with Gasteiger partial charge in [-0.05, 0) is 25.3 Å². The molecule has 0 aliphatic heterocycles. The normalized spacial score (nSPS) is 12.5. The summed E-state index contributed by atoms with van der Waals surface area (Å²) in [5, 5.41) is 4.13. The van der Waals surface area contributed by atoms with Gasteiger partial charge in [0.25, 0.3) is 11.5 Å². The zero-order chi connectivity index (χ0) is 16.0. The van der Waals surface area contributed by atoms with Crippen molar-refractivity contribution in [2.24, 2.45) is 5.92 Å². The van der Waals surface area contributed by atoms with Crippen LogP contribution in [0, 0.1) is 5.92 Å². The van der Waals surface area contributed by atoms with Crippen molar-refractivity contribution in [3.8, 4) is 0 Å². The molecule has 0 spiro atoms. The summed E-state index contributed by atoms with van der Waals surface area (Å²) in [6, 6.07) is 2.97. The van der Waals surface area contributed by atoms with E-state index in [0.717, 1.165) is 6.42 Å². The van der Waals surface area contributed by atoms with Crippen LogP contribution >= 0.6 is 0 Å². The summed E-state index contributed by atoms with van der Waals surface area (Å²) in [5.41, 5.74) is 0.0466. The fourth-order valence-electron chi connectivity index (χ4n) is 2.12. The van der Waals surface area contributed by atoms with E-state index < -0.39 is 0 Å². The largest absolute Gasteiger partial charge is 0.383 e. The minimum Gasteiger partial charge on any atom is -0.383 e. The molecule has 0 unspecified atom stereocenters. The number of aromatic nitrogens is 2. The van der Waals surface area contributed by atoms with Crippen LogP contribution in [-0.2, 0) is 11.3 Å². The first-order valence-corrected chi connectivity index (χ1v) is 7.21. The van der Waals surface area contributed by atoms with Gasteiger partial charge in [0.2, 0.25) is 0 Å². The second kappa shape index (κ2) is 7.93. The Morgan fingerprint density at radius 3 is 2.62 bits per heavy atom. The Bertz CT molecular complexity index is 525. The van der Waals surface area contributed by atoms with Crippen molar-refractivity contribution in [1.29, 1.82) is 0 Å². The van der Waals surface area contributed by atoms with Gasteiger partial charge in [0.1, 0.15) is 5.69 Å². The van der Waals surface area contributed by atoms with E-state index in [1.165, 1.54) is 16.8 Å². The van der Waals surface area contributed by atoms with Gasteiger partial charge in [-0.25, -0.2) is 4.68 Å². The third-order valence-corrected chi connectivity index (χ3v) is 3.39. The Hall–Kier alpha value is -1.69. The highest BCUT2D eigenvalue weighted by atomic mass is 16.5. The molecule has 0 fully saturated rings. The number of carbonyl (C=O) groups excluding carboxylic acids is 1. The number of ether oxygens (including phenoxy) is 1. The quantitative estimate of drug-likeness (QED) is 0.762. The SMILES string of the molecule is COCCn1nc(C(=O)N(C)[C@H](C)CC(C)C)ccc1=O. The maximum Gasteiger partial charge on any atom is 0.274 e. The second-order valence-corrected chi connectivity index (χ2v) is 5.67. The maximum absolute atomic E-state index is 12.4. The van der Waals surface area contributed by atoms with Crippen molar-refractivity contribution in [2.75, 3.05) is 20.8 Å². The molecule has 0 saturated heterocycles. The van der Waals surface area contributed by atoms with Crippen molar-refractivity contribution in [2.45, 2.75) is 39.8 Å². The lowest BCUT2D eigenvalue weighted by Crippen LogP contribution is -2.37. The molecule has 1 atom stereocenters. The Kier molecular flexibility index (Phi) is 6.55. The number of rotatable bonds is 7. The molecular weight excluding hydrogens is 270 g/mol. The average Bonchev–Trinajstić information content (AvgIpc) is 2.44. The average molecular weight is 295 g/mol. The number of amides is 1. The lowest BCUT2D eigenvalue weighted by atomic mass is 10.0. The molecule has 0 aliphatic carbocycles.